The number of morpholine rings is 1. The Labute approximate surface area is 164 Å². The zero-order chi connectivity index (χ0) is 19.0. The van der Waals surface area contributed by atoms with Gasteiger partial charge >= 0.3 is 0 Å². The van der Waals surface area contributed by atoms with Gasteiger partial charge in [-0.25, -0.2) is 13.4 Å². The number of thiazole rings is 1. The normalized spacial score (nSPS) is 15.9. The number of amides is 1. The van der Waals surface area contributed by atoms with Gasteiger partial charge in [0.05, 0.1) is 23.4 Å². The fourth-order valence-electron chi connectivity index (χ4n) is 2.89. The van der Waals surface area contributed by atoms with Crippen molar-refractivity contribution in [3.8, 4) is 0 Å². The number of fused-ring (bicyclic) bond motifs is 1. The number of nitrogens with zero attached hydrogens (tertiary/aromatic N) is 2. The molecule has 1 saturated heterocycles. The van der Waals surface area contributed by atoms with Crippen molar-refractivity contribution in [1.82, 2.24) is 9.29 Å². The average Bonchev–Trinajstić information content (AvgIpc) is 3.30. The summed E-state index contributed by atoms with van der Waals surface area (Å²) in [6.45, 7) is 3.25. The number of rotatable bonds is 4. The van der Waals surface area contributed by atoms with Crippen molar-refractivity contribution in [2.75, 3.05) is 31.6 Å². The zero-order valence-electron chi connectivity index (χ0n) is 14.5. The number of aryl methyl sites for hydroxylation is 1. The Morgan fingerprint density at radius 3 is 2.78 bits per heavy atom. The van der Waals surface area contributed by atoms with Gasteiger partial charge in [0, 0.05) is 13.1 Å². The SMILES string of the molecule is Cc1cccc2sc(NC(=O)c3sccc3S(=O)(=O)N3CCOCC3)nc12. The molecule has 0 radical (unpaired) electrons. The smallest absolute Gasteiger partial charge is 0.268 e. The minimum atomic E-state index is -3.73. The number of carbonyl (C=O) groups excluding carboxylic acids is 1. The first kappa shape index (κ1) is 18.5. The van der Waals surface area contributed by atoms with E-state index in [1.165, 1.54) is 21.7 Å². The lowest BCUT2D eigenvalue weighted by atomic mass is 10.2. The zero-order valence-corrected chi connectivity index (χ0v) is 16.9. The number of thiophene rings is 1. The van der Waals surface area contributed by atoms with Crippen LogP contribution in [0.2, 0.25) is 0 Å². The molecule has 27 heavy (non-hydrogen) atoms. The molecular formula is C17H17N3O4S3. The summed E-state index contributed by atoms with van der Waals surface area (Å²) in [6.07, 6.45) is 0. The minimum Gasteiger partial charge on any atom is -0.379 e. The summed E-state index contributed by atoms with van der Waals surface area (Å²) in [6, 6.07) is 7.32. The Hall–Kier alpha value is -1.85. The first-order chi connectivity index (χ1) is 13.0. The number of benzene rings is 1. The average molecular weight is 424 g/mol. The maximum atomic E-state index is 12.9. The molecule has 0 saturated carbocycles. The molecule has 3 heterocycles. The largest absolute Gasteiger partial charge is 0.379 e. The van der Waals surface area contributed by atoms with Gasteiger partial charge in [0.2, 0.25) is 10.0 Å². The van der Waals surface area contributed by atoms with Gasteiger partial charge in [-0.05, 0) is 30.0 Å². The molecular weight excluding hydrogens is 406 g/mol. The lowest BCUT2D eigenvalue weighted by Crippen LogP contribution is -2.41. The van der Waals surface area contributed by atoms with E-state index >= 15 is 0 Å². The van der Waals surface area contributed by atoms with Crippen molar-refractivity contribution in [2.45, 2.75) is 11.8 Å². The highest BCUT2D eigenvalue weighted by Crippen LogP contribution is 2.30. The fraction of sp³-hybridized carbons (Fsp3) is 0.294. The van der Waals surface area contributed by atoms with Gasteiger partial charge in [-0.2, -0.15) is 4.31 Å². The summed E-state index contributed by atoms with van der Waals surface area (Å²) >= 11 is 2.47. The molecule has 7 nitrogen and oxygen atoms in total. The van der Waals surface area contributed by atoms with Crippen LogP contribution < -0.4 is 5.32 Å². The first-order valence-electron chi connectivity index (χ1n) is 8.30. The lowest BCUT2D eigenvalue weighted by molar-refractivity contribution is 0.0730. The summed E-state index contributed by atoms with van der Waals surface area (Å²) in [5.74, 6) is -0.464. The summed E-state index contributed by atoms with van der Waals surface area (Å²) in [4.78, 5) is 17.4. The topological polar surface area (TPSA) is 88.6 Å². The van der Waals surface area contributed by atoms with E-state index < -0.39 is 15.9 Å². The summed E-state index contributed by atoms with van der Waals surface area (Å²) in [5, 5.41) is 4.81. The summed E-state index contributed by atoms with van der Waals surface area (Å²) in [7, 11) is -3.73. The van der Waals surface area contributed by atoms with Gasteiger partial charge in [-0.15, -0.1) is 11.3 Å². The number of sulfonamides is 1. The molecule has 0 unspecified atom stereocenters. The second-order valence-electron chi connectivity index (χ2n) is 6.03. The standard InChI is InChI=1S/C17H17N3O4S3/c1-11-3-2-4-12-14(11)18-17(26-12)19-16(21)15-13(5-10-25-15)27(22,23)20-6-8-24-9-7-20/h2-5,10H,6-9H2,1H3,(H,18,19,21). The third kappa shape index (κ3) is 3.50. The van der Waals surface area contributed by atoms with Gasteiger partial charge in [0.15, 0.2) is 5.13 Å². The number of ether oxygens (including phenoxy) is 1. The van der Waals surface area contributed by atoms with E-state index in [0.29, 0.717) is 18.3 Å². The van der Waals surface area contributed by atoms with Crippen LogP contribution in [-0.2, 0) is 14.8 Å². The third-order valence-corrected chi connectivity index (χ3v) is 8.18. The molecule has 1 fully saturated rings. The van der Waals surface area contributed by atoms with Crippen molar-refractivity contribution in [3.63, 3.8) is 0 Å². The fourth-order valence-corrected chi connectivity index (χ4v) is 6.53. The van der Waals surface area contributed by atoms with Crippen LogP contribution in [0.25, 0.3) is 10.2 Å². The maximum Gasteiger partial charge on any atom is 0.268 e. The molecule has 1 aromatic carbocycles. The number of hydrogen-bond acceptors (Lipinski definition) is 7. The van der Waals surface area contributed by atoms with Crippen LogP contribution in [-0.4, -0.2) is 49.9 Å². The first-order valence-corrected chi connectivity index (χ1v) is 11.4. The highest BCUT2D eigenvalue weighted by molar-refractivity contribution is 7.89. The highest BCUT2D eigenvalue weighted by Gasteiger charge is 2.31. The molecule has 0 bridgehead atoms. The Balaban J connectivity index is 1.61. The van der Waals surface area contributed by atoms with Gasteiger partial charge in [-0.3, -0.25) is 10.1 Å². The van der Waals surface area contributed by atoms with Gasteiger partial charge in [0.1, 0.15) is 9.77 Å². The van der Waals surface area contributed by atoms with Crippen molar-refractivity contribution in [3.05, 3.63) is 40.1 Å². The lowest BCUT2D eigenvalue weighted by Gasteiger charge is -2.25. The summed E-state index contributed by atoms with van der Waals surface area (Å²) < 4.78 is 33.3. The van der Waals surface area contributed by atoms with Gasteiger partial charge in [-0.1, -0.05) is 23.5 Å². The van der Waals surface area contributed by atoms with Crippen LogP contribution in [0.15, 0.2) is 34.5 Å². The molecule has 1 aliphatic rings. The van der Waals surface area contributed by atoms with E-state index in [9.17, 15) is 13.2 Å². The number of para-hydroxylation sites is 1. The van der Waals surface area contributed by atoms with E-state index in [1.54, 1.807) is 5.38 Å². The van der Waals surface area contributed by atoms with E-state index in [2.05, 4.69) is 10.3 Å². The van der Waals surface area contributed by atoms with Crippen LogP contribution in [0.1, 0.15) is 15.2 Å². The molecule has 0 aliphatic carbocycles. The van der Waals surface area contributed by atoms with Crippen molar-refractivity contribution < 1.29 is 17.9 Å². The number of carbonyl (C=O) groups is 1. The van der Waals surface area contributed by atoms with Crippen molar-refractivity contribution in [2.24, 2.45) is 0 Å². The number of aromatic nitrogens is 1. The molecule has 142 valence electrons. The Kier molecular flexibility index (Phi) is 4.99. The van der Waals surface area contributed by atoms with Crippen LogP contribution in [0, 0.1) is 6.92 Å². The molecule has 2 aromatic heterocycles. The Morgan fingerprint density at radius 1 is 1.26 bits per heavy atom. The minimum absolute atomic E-state index is 0.0317. The van der Waals surface area contributed by atoms with Crippen LogP contribution in [0.5, 0.6) is 0 Å². The summed E-state index contributed by atoms with van der Waals surface area (Å²) in [5.41, 5.74) is 1.86. The van der Waals surface area contributed by atoms with E-state index in [1.807, 2.05) is 25.1 Å². The number of anilines is 1. The van der Waals surface area contributed by atoms with E-state index in [4.69, 9.17) is 4.74 Å². The quantitative estimate of drug-likeness (QED) is 0.697. The molecule has 4 rings (SSSR count). The van der Waals surface area contributed by atoms with Crippen molar-refractivity contribution >= 4 is 54.0 Å². The van der Waals surface area contributed by atoms with Crippen LogP contribution in [0.3, 0.4) is 0 Å². The predicted octanol–water partition coefficient (Wildman–Crippen LogP) is 2.94. The maximum absolute atomic E-state index is 12.9. The third-order valence-electron chi connectivity index (χ3n) is 4.26. The molecule has 0 spiro atoms. The van der Waals surface area contributed by atoms with Gasteiger partial charge in [0.25, 0.3) is 5.91 Å². The molecule has 3 aromatic rings. The molecule has 0 atom stereocenters. The van der Waals surface area contributed by atoms with Crippen molar-refractivity contribution in [1.29, 1.82) is 0 Å². The Morgan fingerprint density at radius 2 is 2.04 bits per heavy atom. The Bertz CT molecular complexity index is 1100. The monoisotopic (exact) mass is 423 g/mol. The van der Waals surface area contributed by atoms with E-state index in [-0.39, 0.29) is 22.9 Å². The van der Waals surface area contributed by atoms with E-state index in [0.717, 1.165) is 27.1 Å². The number of hydrogen-bond donors (Lipinski definition) is 1. The highest BCUT2D eigenvalue weighted by atomic mass is 32.2. The second-order valence-corrected chi connectivity index (χ2v) is 9.88. The van der Waals surface area contributed by atoms with Gasteiger partial charge < -0.3 is 4.74 Å². The van der Waals surface area contributed by atoms with Crippen LogP contribution in [0.4, 0.5) is 5.13 Å². The predicted molar refractivity (Wildman–Crippen MR) is 106 cm³/mol. The van der Waals surface area contributed by atoms with Crippen LogP contribution >= 0.6 is 22.7 Å². The number of nitrogens with one attached hydrogen (secondary N) is 1. The molecule has 1 aliphatic heterocycles. The second kappa shape index (κ2) is 7.28. The molecule has 10 heteroatoms. The molecule has 1 amide bonds. The molecule has 1 N–H and O–H groups in total.